The van der Waals surface area contributed by atoms with Crippen LogP contribution in [-0.2, 0) is 10.0 Å². The van der Waals surface area contributed by atoms with Crippen LogP contribution in [0.5, 0.6) is 0 Å². The Morgan fingerprint density at radius 1 is 1.09 bits per heavy atom. The Hall–Kier alpha value is -3.50. The summed E-state index contributed by atoms with van der Waals surface area (Å²) in [4.78, 5) is 10.1. The van der Waals surface area contributed by atoms with Crippen LogP contribution >= 0.6 is 11.6 Å². The van der Waals surface area contributed by atoms with Gasteiger partial charge in [0, 0.05) is 17.7 Å². The standard InChI is InChI=1S/C21H18ClFN4O4S/c1-13-6-8-19(14(2)10-13)26-32(30,31)21-11-15(27(28)29)7-9-20(21)25-24-12-16-17(22)4-3-5-18(16)23/h3-12,25-26H,1-2H3/b24-12+. The Balaban J connectivity index is 1.99. The lowest BCUT2D eigenvalue weighted by molar-refractivity contribution is -0.385. The van der Waals surface area contributed by atoms with E-state index >= 15 is 0 Å². The van der Waals surface area contributed by atoms with Crippen molar-refractivity contribution in [1.29, 1.82) is 0 Å². The van der Waals surface area contributed by atoms with E-state index in [4.69, 9.17) is 11.6 Å². The molecule has 0 unspecified atom stereocenters. The van der Waals surface area contributed by atoms with Gasteiger partial charge in [-0.1, -0.05) is 35.4 Å². The average Bonchev–Trinajstić information content (AvgIpc) is 2.72. The van der Waals surface area contributed by atoms with Crippen LogP contribution in [0, 0.1) is 29.8 Å². The number of hydrazone groups is 1. The van der Waals surface area contributed by atoms with Crippen molar-refractivity contribution in [2.45, 2.75) is 18.7 Å². The number of nitrogens with one attached hydrogen (secondary N) is 2. The molecule has 0 fully saturated rings. The van der Waals surface area contributed by atoms with E-state index in [0.717, 1.165) is 23.9 Å². The van der Waals surface area contributed by atoms with E-state index in [1.807, 2.05) is 6.92 Å². The van der Waals surface area contributed by atoms with Crippen LogP contribution in [-0.4, -0.2) is 19.6 Å². The summed E-state index contributed by atoms with van der Waals surface area (Å²) in [5.74, 6) is -0.615. The topological polar surface area (TPSA) is 114 Å². The number of sulfonamides is 1. The van der Waals surface area contributed by atoms with Crippen molar-refractivity contribution in [1.82, 2.24) is 0 Å². The second-order valence-corrected chi connectivity index (χ2v) is 8.92. The number of hydrogen-bond acceptors (Lipinski definition) is 6. The normalized spacial score (nSPS) is 11.5. The number of aryl methyl sites for hydroxylation is 2. The highest BCUT2D eigenvalue weighted by molar-refractivity contribution is 7.92. The van der Waals surface area contributed by atoms with Crippen LogP contribution in [0.15, 0.2) is 64.6 Å². The molecule has 3 rings (SSSR count). The number of rotatable bonds is 7. The third-order valence-corrected chi connectivity index (χ3v) is 6.21. The zero-order valence-corrected chi connectivity index (χ0v) is 18.5. The molecule has 0 aromatic heterocycles. The summed E-state index contributed by atoms with van der Waals surface area (Å²) < 4.78 is 42.5. The minimum Gasteiger partial charge on any atom is -0.279 e. The molecule has 11 heteroatoms. The van der Waals surface area contributed by atoms with E-state index in [9.17, 15) is 22.9 Å². The fourth-order valence-corrected chi connectivity index (χ4v) is 4.39. The van der Waals surface area contributed by atoms with Gasteiger partial charge in [-0.05, 0) is 43.7 Å². The van der Waals surface area contributed by atoms with Crippen LogP contribution in [0.3, 0.4) is 0 Å². The lowest BCUT2D eigenvalue weighted by Gasteiger charge is -2.14. The molecule has 32 heavy (non-hydrogen) atoms. The lowest BCUT2D eigenvalue weighted by Crippen LogP contribution is -2.16. The van der Waals surface area contributed by atoms with Gasteiger partial charge in [-0.15, -0.1) is 0 Å². The fourth-order valence-electron chi connectivity index (χ4n) is 2.87. The molecule has 0 aliphatic carbocycles. The molecule has 0 aliphatic heterocycles. The van der Waals surface area contributed by atoms with Gasteiger partial charge >= 0.3 is 0 Å². The first-order valence-corrected chi connectivity index (χ1v) is 11.1. The summed E-state index contributed by atoms with van der Waals surface area (Å²) >= 11 is 5.95. The lowest BCUT2D eigenvalue weighted by atomic mass is 10.1. The minimum atomic E-state index is -4.24. The molecular formula is C21H18ClFN4O4S. The number of halogens is 2. The Labute approximate surface area is 188 Å². The van der Waals surface area contributed by atoms with Crippen molar-refractivity contribution < 1.29 is 17.7 Å². The third-order valence-electron chi connectivity index (χ3n) is 4.47. The Kier molecular flexibility index (Phi) is 6.75. The van der Waals surface area contributed by atoms with Gasteiger partial charge in [-0.25, -0.2) is 12.8 Å². The second kappa shape index (κ2) is 9.33. The maximum atomic E-state index is 13.9. The average molecular weight is 477 g/mol. The summed E-state index contributed by atoms with van der Waals surface area (Å²) in [6, 6.07) is 12.5. The molecule has 2 N–H and O–H groups in total. The van der Waals surface area contributed by atoms with E-state index in [2.05, 4.69) is 15.2 Å². The fraction of sp³-hybridized carbons (Fsp3) is 0.0952. The maximum absolute atomic E-state index is 13.9. The first-order chi connectivity index (χ1) is 15.1. The van der Waals surface area contributed by atoms with Crippen molar-refractivity contribution in [2.24, 2.45) is 5.10 Å². The Morgan fingerprint density at radius 3 is 2.47 bits per heavy atom. The Morgan fingerprint density at radius 2 is 1.81 bits per heavy atom. The van der Waals surface area contributed by atoms with Crippen molar-refractivity contribution in [3.63, 3.8) is 0 Å². The molecule has 0 radical (unpaired) electrons. The van der Waals surface area contributed by atoms with Crippen LogP contribution in [0.4, 0.5) is 21.5 Å². The van der Waals surface area contributed by atoms with E-state index in [0.29, 0.717) is 11.3 Å². The predicted octanol–water partition coefficient (Wildman–Crippen LogP) is 5.25. The number of benzene rings is 3. The van der Waals surface area contributed by atoms with E-state index < -0.39 is 31.3 Å². The maximum Gasteiger partial charge on any atom is 0.270 e. The van der Waals surface area contributed by atoms with Crippen LogP contribution < -0.4 is 10.1 Å². The summed E-state index contributed by atoms with van der Waals surface area (Å²) in [6.07, 6.45) is 1.09. The number of anilines is 2. The molecule has 166 valence electrons. The molecule has 3 aromatic rings. The molecule has 0 heterocycles. The molecule has 0 saturated heterocycles. The first-order valence-electron chi connectivity index (χ1n) is 9.20. The van der Waals surface area contributed by atoms with Gasteiger partial charge < -0.3 is 0 Å². The zero-order valence-electron chi connectivity index (χ0n) is 17.0. The van der Waals surface area contributed by atoms with Gasteiger partial charge in [-0.3, -0.25) is 20.3 Å². The van der Waals surface area contributed by atoms with Crippen LogP contribution in [0.1, 0.15) is 16.7 Å². The molecule has 0 saturated carbocycles. The number of non-ortho nitro benzene ring substituents is 1. The number of nitro groups is 1. The predicted molar refractivity (Wildman–Crippen MR) is 122 cm³/mol. The van der Waals surface area contributed by atoms with E-state index in [1.54, 1.807) is 25.1 Å². The van der Waals surface area contributed by atoms with Crippen molar-refractivity contribution in [2.75, 3.05) is 10.1 Å². The SMILES string of the molecule is Cc1ccc(NS(=O)(=O)c2cc([N+](=O)[O-])ccc2N/N=C/c2c(F)cccc2Cl)c(C)c1. The van der Waals surface area contributed by atoms with Crippen LogP contribution in [0.2, 0.25) is 5.02 Å². The molecule has 0 bridgehead atoms. The largest absolute Gasteiger partial charge is 0.279 e. The summed E-state index contributed by atoms with van der Waals surface area (Å²) in [6.45, 7) is 3.60. The first kappa shape index (κ1) is 23.2. The highest BCUT2D eigenvalue weighted by Crippen LogP contribution is 2.29. The third kappa shape index (κ3) is 5.21. The smallest absolute Gasteiger partial charge is 0.270 e. The van der Waals surface area contributed by atoms with Gasteiger partial charge in [0.1, 0.15) is 10.7 Å². The molecule has 0 atom stereocenters. The van der Waals surface area contributed by atoms with E-state index in [1.165, 1.54) is 24.3 Å². The monoisotopic (exact) mass is 476 g/mol. The van der Waals surface area contributed by atoms with E-state index in [-0.39, 0.29) is 16.3 Å². The summed E-state index contributed by atoms with van der Waals surface area (Å²) in [5.41, 5.74) is 4.00. The van der Waals surface area contributed by atoms with Gasteiger partial charge in [0.25, 0.3) is 15.7 Å². The van der Waals surface area contributed by atoms with Crippen molar-refractivity contribution >= 4 is 44.9 Å². The van der Waals surface area contributed by atoms with Gasteiger partial charge in [0.2, 0.25) is 0 Å². The minimum absolute atomic E-state index is 0.00129. The van der Waals surface area contributed by atoms with Gasteiger partial charge in [-0.2, -0.15) is 5.10 Å². The van der Waals surface area contributed by atoms with Gasteiger partial charge in [0.15, 0.2) is 0 Å². The molecule has 3 aromatic carbocycles. The molecule has 8 nitrogen and oxygen atoms in total. The molecule has 0 aliphatic rings. The summed E-state index contributed by atoms with van der Waals surface area (Å²) in [5, 5.41) is 15.2. The zero-order chi connectivity index (χ0) is 23.5. The van der Waals surface area contributed by atoms with Crippen molar-refractivity contribution in [3.8, 4) is 0 Å². The quantitative estimate of drug-likeness (QED) is 0.274. The molecule has 0 spiro atoms. The summed E-state index contributed by atoms with van der Waals surface area (Å²) in [7, 11) is -4.24. The number of nitro benzene ring substituents is 1. The highest BCUT2D eigenvalue weighted by Gasteiger charge is 2.23. The molecule has 0 amide bonds. The van der Waals surface area contributed by atoms with Gasteiger partial charge in [0.05, 0.1) is 27.5 Å². The second-order valence-electron chi connectivity index (χ2n) is 6.87. The van der Waals surface area contributed by atoms with Crippen LogP contribution in [0.25, 0.3) is 0 Å². The molecular weight excluding hydrogens is 459 g/mol. The number of hydrogen-bond donors (Lipinski definition) is 2. The van der Waals surface area contributed by atoms with Crippen molar-refractivity contribution in [3.05, 3.63) is 92.2 Å². The highest BCUT2D eigenvalue weighted by atomic mass is 35.5. The number of nitrogens with zero attached hydrogens (tertiary/aromatic N) is 2. The Bertz CT molecular complexity index is 1310.